The van der Waals surface area contributed by atoms with E-state index in [4.69, 9.17) is 0 Å². The third-order valence-electron chi connectivity index (χ3n) is 5.75. The lowest BCUT2D eigenvalue weighted by Gasteiger charge is -2.30. The molecule has 0 radical (unpaired) electrons. The van der Waals surface area contributed by atoms with Crippen molar-refractivity contribution in [2.45, 2.75) is 43.8 Å². The largest absolute Gasteiger partial charge is 0.348 e. The molecule has 6 heteroatoms. The molecule has 1 aromatic heterocycles. The Labute approximate surface area is 150 Å². The average molecular weight is 355 g/mol. The number of nitrogens with zero attached hydrogens (tertiary/aromatic N) is 1. The molecule has 2 N–H and O–H groups in total. The zero-order valence-electron chi connectivity index (χ0n) is 14.0. The number of carbonyl (C=O) groups excluding carboxylic acids is 2. The van der Waals surface area contributed by atoms with Crippen LogP contribution in [-0.4, -0.2) is 47.9 Å². The van der Waals surface area contributed by atoms with Gasteiger partial charge < -0.3 is 15.5 Å². The van der Waals surface area contributed by atoms with Crippen LogP contribution < -0.4 is 10.6 Å². The highest BCUT2D eigenvalue weighted by Crippen LogP contribution is 2.30. The molecule has 3 aliphatic heterocycles. The van der Waals surface area contributed by atoms with Gasteiger partial charge in [-0.1, -0.05) is 6.07 Å². The number of hydrogen-bond donors (Lipinski definition) is 2. The number of hydrogen-bond acceptors (Lipinski definition) is 4. The zero-order chi connectivity index (χ0) is 17.0. The third kappa shape index (κ3) is 2.64. The summed E-state index contributed by atoms with van der Waals surface area (Å²) in [6.07, 6.45) is 4.51. The van der Waals surface area contributed by atoms with Crippen molar-refractivity contribution in [1.29, 1.82) is 0 Å². The highest BCUT2D eigenvalue weighted by Gasteiger charge is 2.39. The summed E-state index contributed by atoms with van der Waals surface area (Å²) in [5.74, 6) is 0.108. The summed E-state index contributed by atoms with van der Waals surface area (Å²) in [6, 6.07) is 8.93. The van der Waals surface area contributed by atoms with E-state index in [0.717, 1.165) is 47.3 Å². The van der Waals surface area contributed by atoms with Crippen LogP contribution in [0.5, 0.6) is 0 Å². The Bertz CT molecular complexity index is 857. The summed E-state index contributed by atoms with van der Waals surface area (Å²) in [5, 5.41) is 7.77. The SMILES string of the molecule is O=C(N[C@@H]1C[C@H]2CC[C@@H]1N2)c1ccc2cc(C(=O)N3CCC3)sc2c1. The molecule has 25 heavy (non-hydrogen) atoms. The lowest BCUT2D eigenvalue weighted by atomic mass is 9.95. The van der Waals surface area contributed by atoms with E-state index in [-0.39, 0.29) is 17.9 Å². The minimum absolute atomic E-state index is 0.00901. The van der Waals surface area contributed by atoms with E-state index in [1.54, 1.807) is 0 Å². The molecule has 0 spiro atoms. The van der Waals surface area contributed by atoms with Crippen LogP contribution in [0.15, 0.2) is 24.3 Å². The fourth-order valence-corrected chi connectivity index (χ4v) is 5.26. The number of thiophene rings is 1. The molecule has 0 aliphatic carbocycles. The van der Waals surface area contributed by atoms with Gasteiger partial charge in [0.1, 0.15) is 0 Å². The van der Waals surface area contributed by atoms with Gasteiger partial charge >= 0.3 is 0 Å². The topological polar surface area (TPSA) is 61.4 Å². The Morgan fingerprint density at radius 3 is 2.76 bits per heavy atom. The van der Waals surface area contributed by atoms with Gasteiger partial charge in [-0.3, -0.25) is 9.59 Å². The first kappa shape index (κ1) is 15.3. The molecule has 4 heterocycles. The molecule has 2 bridgehead atoms. The van der Waals surface area contributed by atoms with Crippen LogP contribution in [0.2, 0.25) is 0 Å². The van der Waals surface area contributed by atoms with Gasteiger partial charge in [-0.2, -0.15) is 0 Å². The molecule has 3 saturated heterocycles. The van der Waals surface area contributed by atoms with Crippen molar-refractivity contribution in [2.24, 2.45) is 0 Å². The lowest BCUT2D eigenvalue weighted by molar-refractivity contribution is 0.0657. The van der Waals surface area contributed by atoms with Crippen LogP contribution in [0.4, 0.5) is 0 Å². The summed E-state index contributed by atoms with van der Waals surface area (Å²) in [7, 11) is 0. The van der Waals surface area contributed by atoms with Crippen LogP contribution in [-0.2, 0) is 0 Å². The maximum Gasteiger partial charge on any atom is 0.263 e. The maximum atomic E-state index is 12.6. The second-order valence-corrected chi connectivity index (χ2v) is 8.46. The molecule has 130 valence electrons. The second kappa shape index (κ2) is 5.81. The van der Waals surface area contributed by atoms with E-state index in [9.17, 15) is 9.59 Å². The first-order valence-electron chi connectivity index (χ1n) is 9.07. The zero-order valence-corrected chi connectivity index (χ0v) is 14.8. The van der Waals surface area contributed by atoms with Gasteiger partial charge in [0.05, 0.1) is 4.88 Å². The molecular weight excluding hydrogens is 334 g/mol. The monoisotopic (exact) mass is 355 g/mol. The molecule has 3 aliphatic rings. The molecule has 5 rings (SSSR count). The van der Waals surface area contributed by atoms with Crippen molar-refractivity contribution in [3.8, 4) is 0 Å². The molecule has 2 amide bonds. The first-order chi connectivity index (χ1) is 12.2. The summed E-state index contributed by atoms with van der Waals surface area (Å²) in [5.41, 5.74) is 0.681. The van der Waals surface area contributed by atoms with Crippen molar-refractivity contribution in [3.05, 3.63) is 34.7 Å². The third-order valence-corrected chi connectivity index (χ3v) is 6.84. The van der Waals surface area contributed by atoms with Crippen molar-refractivity contribution < 1.29 is 9.59 Å². The van der Waals surface area contributed by atoms with Gasteiger partial charge in [0.2, 0.25) is 0 Å². The van der Waals surface area contributed by atoms with E-state index in [0.29, 0.717) is 17.6 Å². The van der Waals surface area contributed by atoms with Crippen molar-refractivity contribution in [3.63, 3.8) is 0 Å². The standard InChI is InChI=1S/C19H21N3O2S/c23-18(21-15-10-13-4-5-14(15)20-13)12-3-2-11-8-17(25-16(11)9-12)19(24)22-6-1-7-22/h2-3,8-9,13-15,20H,1,4-7,10H2,(H,21,23)/t13-,14+,15-/m1/s1. The van der Waals surface area contributed by atoms with E-state index in [1.807, 2.05) is 29.2 Å². The molecule has 3 fully saturated rings. The highest BCUT2D eigenvalue weighted by molar-refractivity contribution is 7.20. The Balaban J connectivity index is 1.34. The predicted molar refractivity (Wildman–Crippen MR) is 98.2 cm³/mol. The Morgan fingerprint density at radius 2 is 2.08 bits per heavy atom. The summed E-state index contributed by atoms with van der Waals surface area (Å²) >= 11 is 1.49. The number of rotatable bonds is 3. The normalized spacial score (nSPS) is 27.5. The van der Waals surface area contributed by atoms with E-state index in [2.05, 4.69) is 10.6 Å². The van der Waals surface area contributed by atoms with Gasteiger partial charge in [0.15, 0.2) is 0 Å². The number of nitrogens with one attached hydrogen (secondary N) is 2. The Kier molecular flexibility index (Phi) is 3.57. The lowest BCUT2D eigenvalue weighted by Crippen LogP contribution is -2.42. The summed E-state index contributed by atoms with van der Waals surface area (Å²) in [6.45, 7) is 1.72. The number of carbonyl (C=O) groups is 2. The summed E-state index contributed by atoms with van der Waals surface area (Å²) < 4.78 is 1.00. The van der Waals surface area contributed by atoms with Crippen molar-refractivity contribution in [2.75, 3.05) is 13.1 Å². The minimum Gasteiger partial charge on any atom is -0.348 e. The van der Waals surface area contributed by atoms with E-state index in [1.165, 1.54) is 17.8 Å². The van der Waals surface area contributed by atoms with Gasteiger partial charge in [0.25, 0.3) is 11.8 Å². The van der Waals surface area contributed by atoms with Crippen LogP contribution in [0.3, 0.4) is 0 Å². The Hall–Kier alpha value is -1.92. The quantitative estimate of drug-likeness (QED) is 0.889. The number of likely N-dealkylation sites (tertiary alicyclic amines) is 1. The highest BCUT2D eigenvalue weighted by atomic mass is 32.1. The molecule has 2 aromatic rings. The second-order valence-electron chi connectivity index (χ2n) is 7.37. The molecule has 1 aromatic carbocycles. The number of fused-ring (bicyclic) bond motifs is 3. The number of benzene rings is 1. The van der Waals surface area contributed by atoms with Crippen LogP contribution in [0.25, 0.3) is 10.1 Å². The predicted octanol–water partition coefficient (Wildman–Crippen LogP) is 2.37. The first-order valence-corrected chi connectivity index (χ1v) is 9.89. The molecule has 3 atom stereocenters. The average Bonchev–Trinajstić information content (AvgIpc) is 3.27. The van der Waals surface area contributed by atoms with Gasteiger partial charge in [-0.25, -0.2) is 0 Å². The smallest absolute Gasteiger partial charge is 0.263 e. The van der Waals surface area contributed by atoms with E-state index < -0.39 is 0 Å². The Morgan fingerprint density at radius 1 is 1.20 bits per heavy atom. The van der Waals surface area contributed by atoms with Gasteiger partial charge in [-0.15, -0.1) is 11.3 Å². The van der Waals surface area contributed by atoms with Gasteiger partial charge in [-0.05, 0) is 49.3 Å². The van der Waals surface area contributed by atoms with Crippen LogP contribution >= 0.6 is 11.3 Å². The molecule has 0 saturated carbocycles. The molecule has 0 unspecified atom stereocenters. The minimum atomic E-state index is -0.00901. The van der Waals surface area contributed by atoms with Crippen LogP contribution in [0.1, 0.15) is 45.7 Å². The summed E-state index contributed by atoms with van der Waals surface area (Å²) in [4.78, 5) is 27.6. The van der Waals surface area contributed by atoms with Crippen molar-refractivity contribution in [1.82, 2.24) is 15.5 Å². The molecule has 5 nitrogen and oxygen atoms in total. The maximum absolute atomic E-state index is 12.6. The van der Waals surface area contributed by atoms with Crippen molar-refractivity contribution >= 4 is 33.2 Å². The fourth-order valence-electron chi connectivity index (χ4n) is 4.19. The fraction of sp³-hybridized carbons (Fsp3) is 0.474. The molecular formula is C19H21N3O2S. The van der Waals surface area contributed by atoms with Gasteiger partial charge in [0, 0.05) is 41.5 Å². The van der Waals surface area contributed by atoms with Crippen LogP contribution in [0, 0.1) is 0 Å². The van der Waals surface area contributed by atoms with E-state index >= 15 is 0 Å². The number of amides is 2.